The largest absolute Gasteiger partial charge is 0.481 e. The van der Waals surface area contributed by atoms with Gasteiger partial charge in [-0.25, -0.2) is 0 Å². The number of carbonyl (C=O) groups is 2. The molecule has 1 saturated carbocycles. The lowest BCUT2D eigenvalue weighted by molar-refractivity contribution is -0.147. The molecule has 5 heteroatoms. The van der Waals surface area contributed by atoms with E-state index in [9.17, 15) is 9.59 Å². The van der Waals surface area contributed by atoms with E-state index in [0.717, 1.165) is 83.8 Å². The standard InChI is InChI=1S/C19H34O5/c1-18(2,16(20)21)10-6-3-4-8-14-24-15-9-5-7-11-19(12-13-19)17(22)23/h3-15H2,1-2H3,(H,20,21)(H,22,23). The first kappa shape index (κ1) is 20.9. The molecule has 1 rings (SSSR count). The van der Waals surface area contributed by atoms with Gasteiger partial charge in [0.2, 0.25) is 0 Å². The quantitative estimate of drug-likeness (QED) is 0.428. The maximum atomic E-state index is 11.0. The Balaban J connectivity index is 1.83. The smallest absolute Gasteiger partial charge is 0.309 e. The van der Waals surface area contributed by atoms with E-state index in [0.29, 0.717) is 0 Å². The maximum Gasteiger partial charge on any atom is 0.309 e. The minimum absolute atomic E-state index is 0.379. The minimum atomic E-state index is -0.721. The fourth-order valence-electron chi connectivity index (χ4n) is 2.90. The fraction of sp³-hybridized carbons (Fsp3) is 0.895. The van der Waals surface area contributed by atoms with Crippen LogP contribution in [-0.4, -0.2) is 35.4 Å². The summed E-state index contributed by atoms with van der Waals surface area (Å²) < 4.78 is 5.60. The molecule has 0 aromatic rings. The lowest BCUT2D eigenvalue weighted by Gasteiger charge is -2.18. The highest BCUT2D eigenvalue weighted by molar-refractivity contribution is 5.77. The first-order valence-corrected chi connectivity index (χ1v) is 9.35. The van der Waals surface area contributed by atoms with Crippen molar-refractivity contribution in [1.29, 1.82) is 0 Å². The van der Waals surface area contributed by atoms with Gasteiger partial charge in [0.1, 0.15) is 0 Å². The summed E-state index contributed by atoms with van der Waals surface area (Å²) in [5, 5.41) is 18.1. The van der Waals surface area contributed by atoms with Crippen molar-refractivity contribution in [2.45, 2.75) is 84.5 Å². The van der Waals surface area contributed by atoms with E-state index in [1.54, 1.807) is 13.8 Å². The summed E-state index contributed by atoms with van der Waals surface area (Å²) in [6, 6.07) is 0. The highest BCUT2D eigenvalue weighted by Crippen LogP contribution is 2.50. The molecule has 24 heavy (non-hydrogen) atoms. The predicted molar refractivity (Wildman–Crippen MR) is 93.1 cm³/mol. The molecule has 0 radical (unpaired) electrons. The summed E-state index contributed by atoms with van der Waals surface area (Å²) in [4.78, 5) is 22.0. The molecule has 1 aliphatic carbocycles. The molecule has 0 bridgehead atoms. The zero-order valence-electron chi connectivity index (χ0n) is 15.3. The van der Waals surface area contributed by atoms with E-state index in [-0.39, 0.29) is 5.41 Å². The third-order valence-corrected chi connectivity index (χ3v) is 5.17. The van der Waals surface area contributed by atoms with Crippen LogP contribution in [0.2, 0.25) is 0 Å². The van der Waals surface area contributed by atoms with E-state index in [1.807, 2.05) is 0 Å². The summed E-state index contributed by atoms with van der Waals surface area (Å²) in [7, 11) is 0. The Hall–Kier alpha value is -1.10. The van der Waals surface area contributed by atoms with Crippen molar-refractivity contribution in [3.8, 4) is 0 Å². The van der Waals surface area contributed by atoms with Crippen LogP contribution in [-0.2, 0) is 14.3 Å². The number of ether oxygens (including phenoxy) is 1. The SMILES string of the molecule is CC(C)(CCCCCCOCCCCCC1(C(=O)O)CC1)C(=O)O. The third kappa shape index (κ3) is 7.65. The van der Waals surface area contributed by atoms with E-state index < -0.39 is 17.4 Å². The summed E-state index contributed by atoms with van der Waals surface area (Å²) in [5.74, 6) is -1.34. The van der Waals surface area contributed by atoms with Crippen molar-refractivity contribution in [3.05, 3.63) is 0 Å². The van der Waals surface area contributed by atoms with Gasteiger partial charge in [-0.15, -0.1) is 0 Å². The number of hydrogen-bond acceptors (Lipinski definition) is 3. The number of carboxylic acids is 2. The van der Waals surface area contributed by atoms with Gasteiger partial charge in [0.05, 0.1) is 10.8 Å². The van der Waals surface area contributed by atoms with Crippen molar-refractivity contribution in [2.75, 3.05) is 13.2 Å². The monoisotopic (exact) mass is 342 g/mol. The normalized spacial score (nSPS) is 16.1. The van der Waals surface area contributed by atoms with E-state index in [2.05, 4.69) is 0 Å². The van der Waals surface area contributed by atoms with Crippen LogP contribution in [0.5, 0.6) is 0 Å². The minimum Gasteiger partial charge on any atom is -0.481 e. The molecular formula is C19H34O5. The van der Waals surface area contributed by atoms with Crippen LogP contribution in [0.25, 0.3) is 0 Å². The molecule has 1 fully saturated rings. The second kappa shape index (κ2) is 10.0. The van der Waals surface area contributed by atoms with Crippen molar-refractivity contribution in [3.63, 3.8) is 0 Å². The van der Waals surface area contributed by atoms with Crippen molar-refractivity contribution < 1.29 is 24.5 Å². The first-order chi connectivity index (χ1) is 11.3. The Kier molecular flexibility index (Phi) is 8.74. The number of carboxylic acid groups (broad SMARTS) is 2. The van der Waals surface area contributed by atoms with Crippen molar-refractivity contribution >= 4 is 11.9 Å². The number of unbranched alkanes of at least 4 members (excludes halogenated alkanes) is 5. The molecule has 0 heterocycles. The van der Waals surface area contributed by atoms with Crippen molar-refractivity contribution in [2.24, 2.45) is 10.8 Å². The molecule has 140 valence electrons. The highest BCUT2D eigenvalue weighted by Gasteiger charge is 2.49. The summed E-state index contributed by atoms with van der Waals surface area (Å²) >= 11 is 0. The van der Waals surface area contributed by atoms with E-state index in [4.69, 9.17) is 14.9 Å². The number of rotatable bonds is 15. The lowest BCUT2D eigenvalue weighted by Crippen LogP contribution is -2.23. The van der Waals surface area contributed by atoms with Crippen LogP contribution in [0.1, 0.15) is 84.5 Å². The average Bonchev–Trinajstić information content (AvgIpc) is 3.29. The van der Waals surface area contributed by atoms with Gasteiger partial charge in [0.25, 0.3) is 0 Å². The van der Waals surface area contributed by atoms with E-state index in [1.165, 1.54) is 0 Å². The lowest BCUT2D eigenvalue weighted by atomic mass is 9.87. The maximum absolute atomic E-state index is 11.0. The Labute approximate surface area is 145 Å². The van der Waals surface area contributed by atoms with Gasteiger partial charge < -0.3 is 14.9 Å². The summed E-state index contributed by atoms with van der Waals surface area (Å²) in [6.07, 6.45) is 10.4. The van der Waals surface area contributed by atoms with Gasteiger partial charge in [-0.3, -0.25) is 9.59 Å². The molecule has 0 atom stereocenters. The Morgan fingerprint density at radius 3 is 1.96 bits per heavy atom. The van der Waals surface area contributed by atoms with Gasteiger partial charge in [0.15, 0.2) is 0 Å². The Morgan fingerprint density at radius 2 is 1.46 bits per heavy atom. The second-order valence-corrected chi connectivity index (χ2v) is 7.86. The average molecular weight is 342 g/mol. The van der Waals surface area contributed by atoms with Crippen LogP contribution in [0.15, 0.2) is 0 Å². The van der Waals surface area contributed by atoms with Crippen molar-refractivity contribution in [1.82, 2.24) is 0 Å². The molecule has 0 saturated heterocycles. The van der Waals surface area contributed by atoms with Gasteiger partial charge >= 0.3 is 11.9 Å². The topological polar surface area (TPSA) is 83.8 Å². The molecule has 2 N–H and O–H groups in total. The van der Waals surface area contributed by atoms with E-state index >= 15 is 0 Å². The number of hydrogen-bond donors (Lipinski definition) is 2. The van der Waals surface area contributed by atoms with Crippen LogP contribution in [0.3, 0.4) is 0 Å². The molecule has 5 nitrogen and oxygen atoms in total. The molecule has 0 spiro atoms. The van der Waals surface area contributed by atoms with Gasteiger partial charge in [0, 0.05) is 13.2 Å². The second-order valence-electron chi connectivity index (χ2n) is 7.86. The molecule has 0 aliphatic heterocycles. The van der Waals surface area contributed by atoms with Crippen LogP contribution in [0, 0.1) is 10.8 Å². The molecular weight excluding hydrogens is 308 g/mol. The molecule has 0 unspecified atom stereocenters. The fourth-order valence-corrected chi connectivity index (χ4v) is 2.90. The van der Waals surface area contributed by atoms with Gasteiger partial charge in [-0.2, -0.15) is 0 Å². The molecule has 0 aromatic heterocycles. The Morgan fingerprint density at radius 1 is 0.917 bits per heavy atom. The summed E-state index contributed by atoms with van der Waals surface area (Å²) in [6.45, 7) is 5.08. The molecule has 1 aliphatic rings. The Bertz CT molecular complexity index is 373. The van der Waals surface area contributed by atoms with Crippen LogP contribution in [0.4, 0.5) is 0 Å². The zero-order chi connectivity index (χ0) is 18.1. The molecule has 0 aromatic carbocycles. The first-order valence-electron chi connectivity index (χ1n) is 9.35. The van der Waals surface area contributed by atoms with Gasteiger partial charge in [-0.05, 0) is 52.4 Å². The van der Waals surface area contributed by atoms with Gasteiger partial charge in [-0.1, -0.05) is 32.1 Å². The summed E-state index contributed by atoms with van der Waals surface area (Å²) in [5.41, 5.74) is -0.994. The number of aliphatic carboxylic acids is 2. The molecule has 0 amide bonds. The third-order valence-electron chi connectivity index (χ3n) is 5.17. The van der Waals surface area contributed by atoms with Crippen LogP contribution < -0.4 is 0 Å². The van der Waals surface area contributed by atoms with Crippen LogP contribution >= 0.6 is 0 Å². The zero-order valence-corrected chi connectivity index (χ0v) is 15.3. The predicted octanol–water partition coefficient (Wildman–Crippen LogP) is 4.49. The highest BCUT2D eigenvalue weighted by atomic mass is 16.5.